The zero-order valence-corrected chi connectivity index (χ0v) is 13.1. The second-order valence-electron chi connectivity index (χ2n) is 5.57. The van der Waals surface area contributed by atoms with Crippen molar-refractivity contribution in [2.24, 2.45) is 0 Å². The van der Waals surface area contributed by atoms with Crippen LogP contribution in [-0.2, 0) is 6.54 Å². The summed E-state index contributed by atoms with van der Waals surface area (Å²) in [5.74, 6) is 1.34. The number of likely N-dealkylation sites (tertiary alicyclic amines) is 1. The molecule has 0 saturated carbocycles. The van der Waals surface area contributed by atoms with Gasteiger partial charge in [-0.05, 0) is 38.1 Å². The Morgan fingerprint density at radius 1 is 1.33 bits per heavy atom. The third-order valence-electron chi connectivity index (χ3n) is 4.12. The van der Waals surface area contributed by atoms with Crippen molar-refractivity contribution in [3.05, 3.63) is 24.0 Å². The van der Waals surface area contributed by atoms with Gasteiger partial charge in [0.15, 0.2) is 0 Å². The van der Waals surface area contributed by atoms with E-state index >= 15 is 0 Å². The van der Waals surface area contributed by atoms with E-state index in [9.17, 15) is 0 Å². The molecule has 2 heterocycles. The highest BCUT2D eigenvalue weighted by Gasteiger charge is 2.18. The molecule has 1 saturated heterocycles. The number of anilines is 1. The molecule has 21 heavy (non-hydrogen) atoms. The number of nitrogen functional groups attached to an aromatic ring is 1. The molecule has 0 bridgehead atoms. The monoisotopic (exact) mass is 303 g/mol. The minimum Gasteiger partial charge on any atom is -0.383 e. The van der Waals surface area contributed by atoms with Crippen LogP contribution in [-0.4, -0.2) is 41.0 Å². The van der Waals surface area contributed by atoms with Crippen LogP contribution >= 0.6 is 12.6 Å². The van der Waals surface area contributed by atoms with E-state index in [1.807, 2.05) is 25.2 Å². The minimum atomic E-state index is 0.549. The van der Waals surface area contributed by atoms with Crippen LogP contribution < -0.4 is 11.1 Å². The summed E-state index contributed by atoms with van der Waals surface area (Å²) in [7, 11) is 2.03. The Morgan fingerprint density at radius 3 is 2.81 bits per heavy atom. The van der Waals surface area contributed by atoms with Crippen LogP contribution in [0.2, 0.25) is 0 Å². The molecule has 0 spiro atoms. The third kappa shape index (κ3) is 3.28. The van der Waals surface area contributed by atoms with E-state index in [1.165, 1.54) is 12.8 Å². The maximum Gasteiger partial charge on any atom is 0.145 e. The second kappa shape index (κ2) is 6.17. The van der Waals surface area contributed by atoms with Crippen LogP contribution in [0.1, 0.15) is 18.7 Å². The molecule has 1 aliphatic heterocycles. The van der Waals surface area contributed by atoms with Gasteiger partial charge in [-0.25, -0.2) is 9.97 Å². The Morgan fingerprint density at radius 2 is 2.10 bits per heavy atom. The smallest absolute Gasteiger partial charge is 0.145 e. The summed E-state index contributed by atoms with van der Waals surface area (Å²) in [4.78, 5) is 12.4. The summed E-state index contributed by atoms with van der Waals surface area (Å²) < 4.78 is 0. The van der Waals surface area contributed by atoms with E-state index in [4.69, 9.17) is 5.73 Å². The number of hydrogen-bond donors (Lipinski definition) is 3. The lowest BCUT2D eigenvalue weighted by Gasteiger charge is -2.31. The SMILES string of the molecule is CNC1CCN(Cc2nc(N)c3ccc(S)cc3n2)CC1. The normalized spacial score (nSPS) is 17.4. The zero-order chi connectivity index (χ0) is 14.8. The van der Waals surface area contributed by atoms with Crippen molar-refractivity contribution in [2.45, 2.75) is 30.3 Å². The number of aromatic nitrogens is 2. The highest BCUT2D eigenvalue weighted by molar-refractivity contribution is 7.80. The number of nitrogens with one attached hydrogen (secondary N) is 1. The predicted molar refractivity (Wildman–Crippen MR) is 88.6 cm³/mol. The highest BCUT2D eigenvalue weighted by Crippen LogP contribution is 2.21. The molecule has 1 fully saturated rings. The van der Waals surface area contributed by atoms with E-state index in [1.54, 1.807) is 0 Å². The summed E-state index contributed by atoms with van der Waals surface area (Å²) in [6.07, 6.45) is 2.33. The topological polar surface area (TPSA) is 67.1 Å². The first-order valence-electron chi connectivity index (χ1n) is 7.30. The molecule has 1 aromatic carbocycles. The molecule has 0 aliphatic carbocycles. The largest absolute Gasteiger partial charge is 0.383 e. The van der Waals surface area contributed by atoms with Gasteiger partial charge in [-0.3, -0.25) is 4.90 Å². The molecular formula is C15H21N5S. The number of nitrogens with two attached hydrogens (primary N) is 1. The third-order valence-corrected chi connectivity index (χ3v) is 4.40. The van der Waals surface area contributed by atoms with Gasteiger partial charge in [0.2, 0.25) is 0 Å². The molecule has 5 nitrogen and oxygen atoms in total. The number of benzene rings is 1. The number of fused-ring (bicyclic) bond motifs is 1. The van der Waals surface area contributed by atoms with Gasteiger partial charge in [0, 0.05) is 29.4 Å². The first-order valence-corrected chi connectivity index (χ1v) is 7.75. The van der Waals surface area contributed by atoms with Crippen molar-refractivity contribution < 1.29 is 0 Å². The molecule has 1 aromatic heterocycles. The van der Waals surface area contributed by atoms with Gasteiger partial charge >= 0.3 is 0 Å². The molecule has 6 heteroatoms. The summed E-state index contributed by atoms with van der Waals surface area (Å²) >= 11 is 4.36. The molecule has 0 amide bonds. The van der Waals surface area contributed by atoms with Crippen molar-refractivity contribution in [1.29, 1.82) is 0 Å². The van der Waals surface area contributed by atoms with Crippen molar-refractivity contribution >= 4 is 29.3 Å². The molecule has 0 atom stereocenters. The van der Waals surface area contributed by atoms with Crippen molar-refractivity contribution in [3.63, 3.8) is 0 Å². The summed E-state index contributed by atoms with van der Waals surface area (Å²) in [6.45, 7) is 2.90. The maximum absolute atomic E-state index is 6.05. The predicted octanol–water partition coefficient (Wildman–Crippen LogP) is 1.68. The molecule has 1 aliphatic rings. The van der Waals surface area contributed by atoms with Crippen LogP contribution in [0.5, 0.6) is 0 Å². The Balaban J connectivity index is 1.78. The standard InChI is InChI=1S/C15H21N5S/c1-17-10-4-6-20(7-5-10)9-14-18-13-8-11(21)2-3-12(13)15(16)19-14/h2-3,8,10,17,21H,4-7,9H2,1H3,(H2,16,18,19). The van der Waals surface area contributed by atoms with E-state index in [2.05, 4.69) is 32.8 Å². The quantitative estimate of drug-likeness (QED) is 0.753. The minimum absolute atomic E-state index is 0.549. The number of piperidine rings is 1. The van der Waals surface area contributed by atoms with Crippen LogP contribution in [0, 0.1) is 0 Å². The number of nitrogens with zero attached hydrogens (tertiary/aromatic N) is 3. The van der Waals surface area contributed by atoms with Crippen molar-refractivity contribution in [2.75, 3.05) is 25.9 Å². The molecule has 2 aromatic rings. The second-order valence-corrected chi connectivity index (χ2v) is 6.08. The van der Waals surface area contributed by atoms with Crippen LogP contribution in [0.25, 0.3) is 10.9 Å². The zero-order valence-electron chi connectivity index (χ0n) is 12.2. The fourth-order valence-electron chi connectivity index (χ4n) is 2.84. The first kappa shape index (κ1) is 14.6. The molecule has 3 N–H and O–H groups in total. The average Bonchev–Trinajstić information content (AvgIpc) is 2.47. The first-order chi connectivity index (χ1) is 10.2. The number of rotatable bonds is 3. The summed E-state index contributed by atoms with van der Waals surface area (Å²) in [6, 6.07) is 6.41. The Kier molecular flexibility index (Phi) is 4.28. The van der Waals surface area contributed by atoms with Crippen molar-refractivity contribution in [1.82, 2.24) is 20.2 Å². The Hall–Kier alpha value is -1.37. The lowest BCUT2D eigenvalue weighted by atomic mass is 10.1. The van der Waals surface area contributed by atoms with Gasteiger partial charge < -0.3 is 11.1 Å². The lowest BCUT2D eigenvalue weighted by molar-refractivity contribution is 0.191. The van der Waals surface area contributed by atoms with E-state index in [0.717, 1.165) is 41.3 Å². The lowest BCUT2D eigenvalue weighted by Crippen LogP contribution is -2.41. The van der Waals surface area contributed by atoms with Gasteiger partial charge in [0.25, 0.3) is 0 Å². The average molecular weight is 303 g/mol. The highest BCUT2D eigenvalue weighted by atomic mass is 32.1. The van der Waals surface area contributed by atoms with Gasteiger partial charge in [0.05, 0.1) is 12.1 Å². The summed E-state index contributed by atoms with van der Waals surface area (Å²) in [5.41, 5.74) is 6.92. The fourth-order valence-corrected chi connectivity index (χ4v) is 3.04. The van der Waals surface area contributed by atoms with E-state index in [0.29, 0.717) is 11.9 Å². The van der Waals surface area contributed by atoms with Crippen LogP contribution in [0.3, 0.4) is 0 Å². The van der Waals surface area contributed by atoms with E-state index < -0.39 is 0 Å². The van der Waals surface area contributed by atoms with Crippen LogP contribution in [0.15, 0.2) is 23.1 Å². The molecule has 3 rings (SSSR count). The Labute approximate surface area is 130 Å². The maximum atomic E-state index is 6.05. The summed E-state index contributed by atoms with van der Waals surface area (Å²) in [5, 5.41) is 4.24. The van der Waals surface area contributed by atoms with Gasteiger partial charge in [-0.1, -0.05) is 0 Å². The van der Waals surface area contributed by atoms with Gasteiger partial charge in [0.1, 0.15) is 11.6 Å². The molecule has 0 unspecified atom stereocenters. The number of hydrogen-bond acceptors (Lipinski definition) is 6. The van der Waals surface area contributed by atoms with Crippen molar-refractivity contribution in [3.8, 4) is 0 Å². The fraction of sp³-hybridized carbons (Fsp3) is 0.467. The van der Waals surface area contributed by atoms with E-state index in [-0.39, 0.29) is 0 Å². The molecule has 112 valence electrons. The molecule has 0 radical (unpaired) electrons. The number of thiol groups is 1. The van der Waals surface area contributed by atoms with Crippen LogP contribution in [0.4, 0.5) is 5.82 Å². The van der Waals surface area contributed by atoms with Gasteiger partial charge in [-0.2, -0.15) is 0 Å². The van der Waals surface area contributed by atoms with Gasteiger partial charge in [-0.15, -0.1) is 12.6 Å². The Bertz CT molecular complexity index is 637. The molecular weight excluding hydrogens is 282 g/mol.